The molecule has 3 aromatic rings. The zero-order chi connectivity index (χ0) is 22.3. The van der Waals surface area contributed by atoms with Gasteiger partial charge in [-0.15, -0.1) is 0 Å². The van der Waals surface area contributed by atoms with Crippen LogP contribution < -0.4 is 16.0 Å². The Morgan fingerprint density at radius 2 is 2.00 bits per heavy atom. The Bertz CT molecular complexity index is 1030. The van der Waals surface area contributed by atoms with Crippen molar-refractivity contribution in [2.75, 3.05) is 31.5 Å². The van der Waals surface area contributed by atoms with Crippen LogP contribution in [-0.2, 0) is 12.6 Å². The second kappa shape index (κ2) is 10.1. The summed E-state index contributed by atoms with van der Waals surface area (Å²) in [5.41, 5.74) is 0.790. The molecule has 0 aliphatic rings. The van der Waals surface area contributed by atoms with Gasteiger partial charge in [0.25, 0.3) is 0 Å². The number of alkyl halides is 3. The predicted octanol–water partition coefficient (Wildman–Crippen LogP) is 3.33. The third kappa shape index (κ3) is 6.30. The van der Waals surface area contributed by atoms with E-state index in [4.69, 9.17) is 0 Å². The number of aromatic nitrogens is 3. The Labute approximate surface area is 176 Å². The maximum Gasteiger partial charge on any atom is 0.433 e. The number of nitrogens with zero attached hydrogens (tertiary/aromatic N) is 3. The molecular weight excluding hydrogens is 414 g/mol. The highest BCUT2D eigenvalue weighted by Crippen LogP contribution is 2.27. The second-order valence-electron chi connectivity index (χ2n) is 6.63. The molecule has 7 nitrogen and oxygen atoms in total. The lowest BCUT2D eigenvalue weighted by Crippen LogP contribution is -2.39. The Kier molecular flexibility index (Phi) is 7.27. The van der Waals surface area contributed by atoms with Gasteiger partial charge in [0.05, 0.1) is 0 Å². The molecule has 2 heterocycles. The van der Waals surface area contributed by atoms with Crippen LogP contribution in [0.3, 0.4) is 0 Å². The van der Waals surface area contributed by atoms with Crippen LogP contribution in [0.2, 0.25) is 0 Å². The molecule has 2 aromatic heterocycles. The van der Waals surface area contributed by atoms with Crippen LogP contribution in [0.4, 0.5) is 23.5 Å². The molecule has 0 unspecified atom stereocenters. The van der Waals surface area contributed by atoms with Gasteiger partial charge in [-0.05, 0) is 43.2 Å². The van der Waals surface area contributed by atoms with E-state index in [-0.39, 0.29) is 11.8 Å². The van der Waals surface area contributed by atoms with Crippen molar-refractivity contribution in [2.45, 2.75) is 19.5 Å². The number of hydrogen-bond acceptors (Lipinski definition) is 4. The van der Waals surface area contributed by atoms with Gasteiger partial charge in [-0.3, -0.25) is 4.99 Å². The first kappa shape index (κ1) is 22.3. The van der Waals surface area contributed by atoms with Gasteiger partial charge in [0.1, 0.15) is 11.5 Å². The number of fused-ring (bicyclic) bond motifs is 1. The van der Waals surface area contributed by atoms with Crippen LogP contribution >= 0.6 is 0 Å². The van der Waals surface area contributed by atoms with Gasteiger partial charge in [0.2, 0.25) is 5.95 Å². The number of nitrogens with one attached hydrogen (secondary N) is 4. The zero-order valence-corrected chi connectivity index (χ0v) is 16.9. The highest BCUT2D eigenvalue weighted by molar-refractivity contribution is 5.83. The average Bonchev–Trinajstić information content (AvgIpc) is 3.12. The van der Waals surface area contributed by atoms with Gasteiger partial charge in [-0.1, -0.05) is 0 Å². The fourth-order valence-electron chi connectivity index (χ4n) is 2.95. The van der Waals surface area contributed by atoms with Crippen molar-refractivity contribution in [1.29, 1.82) is 0 Å². The molecule has 31 heavy (non-hydrogen) atoms. The minimum atomic E-state index is -4.51. The molecule has 0 atom stereocenters. The van der Waals surface area contributed by atoms with E-state index in [1.54, 1.807) is 6.07 Å². The maximum atomic E-state index is 13.3. The van der Waals surface area contributed by atoms with Crippen LogP contribution in [-0.4, -0.2) is 47.1 Å². The molecule has 0 fully saturated rings. The fraction of sp³-hybridized carbons (Fsp3) is 0.350. The first-order chi connectivity index (χ1) is 14.9. The topological polar surface area (TPSA) is 90.0 Å². The lowest BCUT2D eigenvalue weighted by molar-refractivity contribution is -0.141. The summed E-state index contributed by atoms with van der Waals surface area (Å²) in [4.78, 5) is 14.8. The third-order valence-electron chi connectivity index (χ3n) is 4.37. The Hall–Kier alpha value is -3.37. The van der Waals surface area contributed by atoms with Gasteiger partial charge >= 0.3 is 6.18 Å². The van der Waals surface area contributed by atoms with Crippen molar-refractivity contribution in [3.05, 3.63) is 53.7 Å². The Morgan fingerprint density at radius 1 is 1.16 bits per heavy atom. The van der Waals surface area contributed by atoms with E-state index >= 15 is 0 Å². The highest BCUT2D eigenvalue weighted by Gasteiger charge is 2.32. The highest BCUT2D eigenvalue weighted by atomic mass is 19.4. The standard InChI is InChI=1S/C20H23F4N7/c1-2-25-18(26-7-5-13-12-30-16-11-14(21)3-4-15(13)16)28-9-10-29-19-27-8-6-17(31-19)20(22,23)24/h3-4,6,8,11-12,30H,2,5,7,9-10H2,1H3,(H2,25,26,28)(H,27,29,31). The second-order valence-corrected chi connectivity index (χ2v) is 6.63. The molecule has 166 valence electrons. The summed E-state index contributed by atoms with van der Waals surface area (Å²) in [6, 6.07) is 5.44. The lowest BCUT2D eigenvalue weighted by Gasteiger charge is -2.12. The summed E-state index contributed by atoms with van der Waals surface area (Å²) in [6.07, 6.45) is -0.935. The van der Waals surface area contributed by atoms with Crippen LogP contribution in [0.15, 0.2) is 41.7 Å². The monoisotopic (exact) mass is 437 g/mol. The van der Waals surface area contributed by atoms with Crippen LogP contribution in [0.25, 0.3) is 10.9 Å². The van der Waals surface area contributed by atoms with E-state index in [0.717, 1.165) is 28.7 Å². The van der Waals surface area contributed by atoms with Crippen LogP contribution in [0.5, 0.6) is 0 Å². The van der Waals surface area contributed by atoms with Gasteiger partial charge in [0.15, 0.2) is 5.96 Å². The summed E-state index contributed by atoms with van der Waals surface area (Å²) >= 11 is 0. The molecule has 0 spiro atoms. The summed E-state index contributed by atoms with van der Waals surface area (Å²) < 4.78 is 51.4. The van der Waals surface area contributed by atoms with Crippen molar-refractivity contribution in [3.63, 3.8) is 0 Å². The number of aromatic amines is 1. The average molecular weight is 437 g/mol. The molecular formula is C20H23F4N7. The number of hydrogen-bond donors (Lipinski definition) is 4. The van der Waals surface area contributed by atoms with Crippen molar-refractivity contribution in [3.8, 4) is 0 Å². The van der Waals surface area contributed by atoms with Gasteiger partial charge in [-0.2, -0.15) is 13.2 Å². The number of rotatable bonds is 8. The van der Waals surface area contributed by atoms with Crippen molar-refractivity contribution in [1.82, 2.24) is 25.6 Å². The predicted molar refractivity (Wildman–Crippen MR) is 111 cm³/mol. The number of halogens is 4. The quantitative estimate of drug-likeness (QED) is 0.188. The fourth-order valence-corrected chi connectivity index (χ4v) is 2.95. The van der Waals surface area contributed by atoms with Crippen molar-refractivity contribution >= 4 is 22.8 Å². The van der Waals surface area contributed by atoms with E-state index in [0.29, 0.717) is 38.6 Å². The molecule has 0 aliphatic heterocycles. The third-order valence-corrected chi connectivity index (χ3v) is 4.37. The number of H-pyrrole nitrogens is 1. The molecule has 0 aliphatic carbocycles. The Morgan fingerprint density at radius 3 is 2.77 bits per heavy atom. The van der Waals surface area contributed by atoms with Crippen LogP contribution in [0.1, 0.15) is 18.2 Å². The number of aliphatic imine (C=N–C) groups is 1. The van der Waals surface area contributed by atoms with E-state index in [1.807, 2.05) is 13.1 Å². The molecule has 0 saturated carbocycles. The van der Waals surface area contributed by atoms with E-state index in [9.17, 15) is 17.6 Å². The summed E-state index contributed by atoms with van der Waals surface area (Å²) in [7, 11) is 0. The summed E-state index contributed by atoms with van der Waals surface area (Å²) in [6.45, 7) is 3.80. The van der Waals surface area contributed by atoms with E-state index in [2.05, 4.69) is 35.9 Å². The largest absolute Gasteiger partial charge is 0.433 e. The molecule has 1 aromatic carbocycles. The molecule has 11 heteroatoms. The van der Waals surface area contributed by atoms with Crippen molar-refractivity contribution in [2.24, 2.45) is 4.99 Å². The van der Waals surface area contributed by atoms with Crippen molar-refractivity contribution < 1.29 is 17.6 Å². The first-order valence-corrected chi connectivity index (χ1v) is 9.78. The smallest absolute Gasteiger partial charge is 0.361 e. The first-order valence-electron chi connectivity index (χ1n) is 9.78. The minimum Gasteiger partial charge on any atom is -0.361 e. The minimum absolute atomic E-state index is 0.0886. The van der Waals surface area contributed by atoms with Gasteiger partial charge in [-0.25, -0.2) is 14.4 Å². The van der Waals surface area contributed by atoms with E-state index < -0.39 is 11.9 Å². The molecule has 0 radical (unpaired) electrons. The van der Waals surface area contributed by atoms with Crippen LogP contribution in [0, 0.1) is 5.82 Å². The molecule has 0 bridgehead atoms. The number of guanidine groups is 1. The molecule has 3 rings (SSSR count). The SMILES string of the molecule is CCNC(=NCCc1c[nH]c2cc(F)ccc12)NCCNc1nccc(C(F)(F)F)n1. The summed E-state index contributed by atoms with van der Waals surface area (Å²) in [5.74, 6) is 0.205. The number of anilines is 1. The number of benzene rings is 1. The van der Waals surface area contributed by atoms with Gasteiger partial charge in [0, 0.05) is 49.5 Å². The van der Waals surface area contributed by atoms with E-state index in [1.165, 1.54) is 12.1 Å². The normalized spacial score (nSPS) is 12.2. The molecule has 4 N–H and O–H groups in total. The molecule has 0 amide bonds. The lowest BCUT2D eigenvalue weighted by atomic mass is 10.1. The zero-order valence-electron chi connectivity index (χ0n) is 16.9. The summed E-state index contributed by atoms with van der Waals surface area (Å²) in [5, 5.41) is 9.92. The maximum absolute atomic E-state index is 13.3. The molecule has 0 saturated heterocycles. The van der Waals surface area contributed by atoms with Gasteiger partial charge < -0.3 is 20.9 Å². The Balaban J connectivity index is 1.49.